The van der Waals surface area contributed by atoms with Gasteiger partial charge >= 0.3 is 5.97 Å². The van der Waals surface area contributed by atoms with E-state index in [9.17, 15) is 14.7 Å². The fraction of sp³-hybridized carbons (Fsp3) is 0.240. The van der Waals surface area contributed by atoms with Gasteiger partial charge in [0.15, 0.2) is 0 Å². The van der Waals surface area contributed by atoms with Crippen LogP contribution in [0.25, 0.3) is 10.4 Å². The Morgan fingerprint density at radius 1 is 1.09 bits per heavy atom. The molecule has 3 rings (SSSR count). The van der Waals surface area contributed by atoms with Crippen molar-refractivity contribution in [3.63, 3.8) is 0 Å². The van der Waals surface area contributed by atoms with E-state index in [1.54, 1.807) is 12.3 Å². The minimum Gasteiger partial charge on any atom is -0.506 e. The first kappa shape index (κ1) is 24.5. The molecule has 1 heterocycles. The van der Waals surface area contributed by atoms with E-state index in [1.165, 1.54) is 35.1 Å². The zero-order valence-corrected chi connectivity index (χ0v) is 20.3. The minimum atomic E-state index is -1.13. The van der Waals surface area contributed by atoms with E-state index in [0.29, 0.717) is 16.8 Å². The lowest BCUT2D eigenvalue weighted by molar-refractivity contribution is -0.120. The number of aromatic hydroxyl groups is 1. The number of nitrogens with one attached hydrogen (secondary N) is 1. The summed E-state index contributed by atoms with van der Waals surface area (Å²) in [6.07, 6.45) is -0.0165. The van der Waals surface area contributed by atoms with Crippen LogP contribution < -0.4 is 5.43 Å². The van der Waals surface area contributed by atoms with E-state index < -0.39 is 5.97 Å². The number of carboxylic acid groups (broad SMARTS) is 1. The van der Waals surface area contributed by atoms with Crippen molar-refractivity contribution in [3.05, 3.63) is 75.1 Å². The van der Waals surface area contributed by atoms with Gasteiger partial charge < -0.3 is 10.2 Å². The van der Waals surface area contributed by atoms with E-state index in [-0.39, 0.29) is 34.1 Å². The van der Waals surface area contributed by atoms with Crippen LogP contribution in [-0.4, -0.2) is 27.8 Å². The molecule has 0 radical (unpaired) electrons. The van der Waals surface area contributed by atoms with E-state index in [0.717, 1.165) is 10.4 Å². The number of carboxylic acids is 1. The normalized spacial score (nSPS) is 12.0. The Bertz CT molecular complexity index is 1220. The average Bonchev–Trinajstić information content (AvgIpc) is 3.12. The number of aromatic carboxylic acids is 1. The third kappa shape index (κ3) is 5.80. The van der Waals surface area contributed by atoms with Crippen molar-refractivity contribution in [2.45, 2.75) is 39.5 Å². The van der Waals surface area contributed by atoms with Crippen molar-refractivity contribution in [1.82, 2.24) is 5.43 Å². The van der Waals surface area contributed by atoms with Crippen molar-refractivity contribution >= 4 is 40.5 Å². The van der Waals surface area contributed by atoms with Crippen LogP contribution in [0.1, 0.15) is 54.7 Å². The molecule has 0 aliphatic rings. The molecule has 0 spiro atoms. The second-order valence-corrected chi connectivity index (χ2v) is 9.97. The summed E-state index contributed by atoms with van der Waals surface area (Å²) in [6.45, 7) is 8.15. The van der Waals surface area contributed by atoms with E-state index in [1.807, 2.05) is 12.1 Å². The fourth-order valence-corrected chi connectivity index (χ4v) is 4.50. The number of carbonyl (C=O) groups is 2. The van der Waals surface area contributed by atoms with Gasteiger partial charge in [0.2, 0.25) is 5.91 Å². The quantitative estimate of drug-likeness (QED) is 0.301. The van der Waals surface area contributed by atoms with Crippen LogP contribution >= 0.6 is 22.9 Å². The van der Waals surface area contributed by atoms with E-state index >= 15 is 0 Å². The highest BCUT2D eigenvalue weighted by molar-refractivity contribution is 7.14. The van der Waals surface area contributed by atoms with Gasteiger partial charge in [-0.3, -0.25) is 4.79 Å². The molecule has 3 N–H and O–H groups in total. The topological polar surface area (TPSA) is 99.0 Å². The molecule has 2 aromatic carbocycles. The minimum absolute atomic E-state index is 0.0165. The van der Waals surface area contributed by atoms with Crippen LogP contribution in [0, 0.1) is 0 Å². The van der Waals surface area contributed by atoms with Crippen LogP contribution in [0.15, 0.2) is 52.9 Å². The van der Waals surface area contributed by atoms with Crippen molar-refractivity contribution in [3.8, 4) is 16.2 Å². The van der Waals surface area contributed by atoms with Crippen LogP contribution in [0.4, 0.5) is 0 Å². The van der Waals surface area contributed by atoms with Crippen molar-refractivity contribution in [2.75, 3.05) is 0 Å². The highest BCUT2D eigenvalue weighted by Gasteiger charge is 2.17. The Morgan fingerprint density at radius 3 is 2.33 bits per heavy atom. The maximum absolute atomic E-state index is 12.3. The van der Waals surface area contributed by atoms with Crippen molar-refractivity contribution < 1.29 is 19.8 Å². The summed E-state index contributed by atoms with van der Waals surface area (Å²) in [6, 6.07) is 12.4. The molecule has 172 valence electrons. The zero-order chi connectivity index (χ0) is 24.3. The molecule has 0 unspecified atom stereocenters. The first-order valence-corrected chi connectivity index (χ1v) is 11.5. The van der Waals surface area contributed by atoms with Gasteiger partial charge in [0.05, 0.1) is 33.2 Å². The maximum atomic E-state index is 12.3. The molecule has 6 nitrogen and oxygen atoms in total. The number of thiophene rings is 1. The van der Waals surface area contributed by atoms with Gasteiger partial charge in [-0.25, -0.2) is 10.2 Å². The molecule has 0 fully saturated rings. The van der Waals surface area contributed by atoms with Gasteiger partial charge in [0, 0.05) is 5.38 Å². The van der Waals surface area contributed by atoms with Crippen LogP contribution in [0.5, 0.6) is 5.75 Å². The Balaban J connectivity index is 1.70. The van der Waals surface area contributed by atoms with Gasteiger partial charge in [-0.15, -0.1) is 11.3 Å². The Labute approximate surface area is 201 Å². The summed E-state index contributed by atoms with van der Waals surface area (Å²) in [4.78, 5) is 24.0. The summed E-state index contributed by atoms with van der Waals surface area (Å²) >= 11 is 7.36. The van der Waals surface area contributed by atoms with Gasteiger partial charge in [-0.2, -0.15) is 5.10 Å². The second kappa shape index (κ2) is 9.77. The first-order chi connectivity index (χ1) is 15.5. The maximum Gasteiger partial charge on any atom is 0.337 e. The largest absolute Gasteiger partial charge is 0.506 e. The summed E-state index contributed by atoms with van der Waals surface area (Å²) in [5.74, 6) is -1.40. The Kier molecular flexibility index (Phi) is 7.25. The Hall–Kier alpha value is -3.16. The molecule has 0 atom stereocenters. The molecule has 1 amide bonds. The molecule has 0 aliphatic heterocycles. The van der Waals surface area contributed by atoms with Crippen molar-refractivity contribution in [2.24, 2.45) is 5.10 Å². The SMILES string of the molecule is CC(=NNC(=O)Cc1ccc(C(=O)O)c(Cl)c1)c1csc(-c2ccc(C(C)(C)C)cc2)c1O. The zero-order valence-electron chi connectivity index (χ0n) is 18.8. The number of nitrogens with zero attached hydrogens (tertiary/aromatic N) is 1. The smallest absolute Gasteiger partial charge is 0.337 e. The summed E-state index contributed by atoms with van der Waals surface area (Å²) in [7, 11) is 0. The molecular weight excluding hydrogens is 460 g/mol. The number of rotatable bonds is 6. The predicted octanol–water partition coefficient (Wildman–Crippen LogP) is 5.85. The third-order valence-electron chi connectivity index (χ3n) is 5.14. The summed E-state index contributed by atoms with van der Waals surface area (Å²) in [5, 5.41) is 25.8. The number of carbonyl (C=O) groups excluding carboxylic acids is 1. The van der Waals surface area contributed by atoms with Crippen molar-refractivity contribution in [1.29, 1.82) is 0 Å². The number of hydrazone groups is 1. The molecule has 0 saturated heterocycles. The number of hydrogen-bond acceptors (Lipinski definition) is 5. The monoisotopic (exact) mass is 484 g/mol. The predicted molar refractivity (Wildman–Crippen MR) is 133 cm³/mol. The fourth-order valence-electron chi connectivity index (χ4n) is 3.21. The summed E-state index contributed by atoms with van der Waals surface area (Å²) < 4.78 is 0. The molecular formula is C25H25ClN2O4S. The molecule has 0 aliphatic carbocycles. The van der Waals surface area contributed by atoms with E-state index in [2.05, 4.69) is 43.4 Å². The Morgan fingerprint density at radius 2 is 1.76 bits per heavy atom. The van der Waals surface area contributed by atoms with Gasteiger partial charge in [-0.1, -0.05) is 62.7 Å². The molecule has 8 heteroatoms. The lowest BCUT2D eigenvalue weighted by Crippen LogP contribution is -2.21. The molecule has 1 aromatic heterocycles. The highest BCUT2D eigenvalue weighted by atomic mass is 35.5. The number of halogens is 1. The highest BCUT2D eigenvalue weighted by Crippen LogP contribution is 2.39. The number of amides is 1. The van der Waals surface area contributed by atoms with Crippen LogP contribution in [-0.2, 0) is 16.6 Å². The lowest BCUT2D eigenvalue weighted by atomic mass is 9.86. The van der Waals surface area contributed by atoms with Gasteiger partial charge in [-0.05, 0) is 41.2 Å². The van der Waals surface area contributed by atoms with Gasteiger partial charge in [0.25, 0.3) is 0 Å². The number of benzene rings is 2. The van der Waals surface area contributed by atoms with E-state index in [4.69, 9.17) is 16.7 Å². The average molecular weight is 485 g/mol. The summed E-state index contributed by atoms with van der Waals surface area (Å²) in [5.41, 5.74) is 6.19. The standard InChI is InChI=1S/C25H25ClN2O4S/c1-14(27-28-21(29)12-15-5-10-18(24(31)32)20(26)11-15)19-13-33-23(22(19)30)16-6-8-17(9-7-16)25(2,3)4/h5-11,13,30H,12H2,1-4H3,(H,28,29)(H,31,32). The molecule has 0 bridgehead atoms. The third-order valence-corrected chi connectivity index (χ3v) is 6.48. The van der Waals surface area contributed by atoms with Crippen LogP contribution in [0.3, 0.4) is 0 Å². The molecule has 0 saturated carbocycles. The van der Waals surface area contributed by atoms with Crippen LogP contribution in [0.2, 0.25) is 5.02 Å². The van der Waals surface area contributed by atoms with Gasteiger partial charge in [0.1, 0.15) is 5.75 Å². The number of hydrogen-bond donors (Lipinski definition) is 3. The molecule has 3 aromatic rings. The lowest BCUT2D eigenvalue weighted by Gasteiger charge is -2.19. The first-order valence-electron chi connectivity index (χ1n) is 10.2. The molecule has 33 heavy (non-hydrogen) atoms. The second-order valence-electron chi connectivity index (χ2n) is 8.68.